The molecule has 28 heavy (non-hydrogen) atoms. The van der Waals surface area contributed by atoms with Crippen molar-refractivity contribution < 1.29 is 18.8 Å². The van der Waals surface area contributed by atoms with Gasteiger partial charge in [0.25, 0.3) is 5.91 Å². The number of rotatable bonds is 4. The first kappa shape index (κ1) is 19.0. The number of carbonyl (C=O) groups excluding carboxylic acids is 1. The molecule has 6 heteroatoms. The Hall–Kier alpha value is -2.34. The summed E-state index contributed by atoms with van der Waals surface area (Å²) in [6.45, 7) is 6.32. The molecule has 2 aliphatic rings. The first-order valence-corrected chi connectivity index (χ1v) is 10.1. The third-order valence-corrected chi connectivity index (χ3v) is 6.05. The van der Waals surface area contributed by atoms with Gasteiger partial charge in [-0.1, -0.05) is 23.4 Å². The van der Waals surface area contributed by atoms with Gasteiger partial charge in [-0.25, -0.2) is 0 Å². The molecule has 0 radical (unpaired) electrons. The summed E-state index contributed by atoms with van der Waals surface area (Å²) < 4.78 is 17.3. The van der Waals surface area contributed by atoms with Crippen LogP contribution >= 0.6 is 0 Å². The summed E-state index contributed by atoms with van der Waals surface area (Å²) in [6, 6.07) is 7.83. The molecule has 0 aliphatic carbocycles. The molecule has 2 aliphatic heterocycles. The normalized spacial score (nSPS) is 19.0. The fourth-order valence-electron chi connectivity index (χ4n) is 4.17. The molecule has 2 fully saturated rings. The van der Waals surface area contributed by atoms with Gasteiger partial charge in [-0.3, -0.25) is 4.79 Å². The van der Waals surface area contributed by atoms with Crippen LogP contribution in [0.15, 0.2) is 28.8 Å². The summed E-state index contributed by atoms with van der Waals surface area (Å²) in [5, 5.41) is 4.05. The summed E-state index contributed by atoms with van der Waals surface area (Å²) >= 11 is 0. The molecule has 2 aromatic rings. The van der Waals surface area contributed by atoms with Crippen molar-refractivity contribution >= 4 is 5.91 Å². The number of piperidine rings is 1. The fourth-order valence-corrected chi connectivity index (χ4v) is 4.17. The molecule has 6 nitrogen and oxygen atoms in total. The number of para-hydroxylation sites is 1. The van der Waals surface area contributed by atoms with E-state index >= 15 is 0 Å². The molecule has 4 rings (SSSR count). The van der Waals surface area contributed by atoms with E-state index in [4.69, 9.17) is 14.0 Å². The van der Waals surface area contributed by atoms with Crippen molar-refractivity contribution in [2.45, 2.75) is 58.2 Å². The van der Waals surface area contributed by atoms with Gasteiger partial charge in [0.05, 0.1) is 11.2 Å². The van der Waals surface area contributed by atoms with E-state index in [1.54, 1.807) is 0 Å². The van der Waals surface area contributed by atoms with Crippen molar-refractivity contribution in [1.82, 2.24) is 10.1 Å². The van der Waals surface area contributed by atoms with Crippen LogP contribution in [-0.4, -0.2) is 41.3 Å². The molecule has 1 aromatic heterocycles. The zero-order valence-electron chi connectivity index (χ0n) is 16.7. The second kappa shape index (κ2) is 7.95. The first-order valence-electron chi connectivity index (χ1n) is 10.1. The molecule has 0 atom stereocenters. The van der Waals surface area contributed by atoms with Crippen LogP contribution < -0.4 is 4.74 Å². The van der Waals surface area contributed by atoms with Crippen molar-refractivity contribution in [2.75, 3.05) is 19.7 Å². The summed E-state index contributed by atoms with van der Waals surface area (Å²) in [5.74, 6) is 1.35. The Morgan fingerprint density at radius 3 is 2.68 bits per heavy atom. The average Bonchev–Trinajstić information content (AvgIpc) is 3.08. The highest BCUT2D eigenvalue weighted by atomic mass is 16.5. The van der Waals surface area contributed by atoms with Gasteiger partial charge in [-0.15, -0.1) is 0 Å². The summed E-state index contributed by atoms with van der Waals surface area (Å²) in [6.07, 6.45) is 5.26. The van der Waals surface area contributed by atoms with E-state index < -0.39 is 0 Å². The van der Waals surface area contributed by atoms with Crippen LogP contribution in [-0.2, 0) is 11.3 Å². The molecular formula is C22H28N2O4. The van der Waals surface area contributed by atoms with Gasteiger partial charge in [-0.05, 0) is 57.6 Å². The second-order valence-electron chi connectivity index (χ2n) is 7.90. The molecule has 0 N–H and O–H groups in total. The number of aryl methyl sites for hydroxylation is 2. The van der Waals surface area contributed by atoms with Crippen molar-refractivity contribution in [3.63, 3.8) is 0 Å². The zero-order chi connectivity index (χ0) is 19.6. The van der Waals surface area contributed by atoms with Crippen LogP contribution in [0.5, 0.6) is 5.75 Å². The topological polar surface area (TPSA) is 64.8 Å². The van der Waals surface area contributed by atoms with E-state index in [1.807, 2.05) is 43.0 Å². The van der Waals surface area contributed by atoms with Crippen molar-refractivity contribution in [1.29, 1.82) is 0 Å². The Morgan fingerprint density at radius 1 is 1.18 bits per heavy atom. The van der Waals surface area contributed by atoms with Crippen LogP contribution in [0.4, 0.5) is 0 Å². The molecule has 2 saturated heterocycles. The highest BCUT2D eigenvalue weighted by molar-refractivity contribution is 5.93. The van der Waals surface area contributed by atoms with Gasteiger partial charge in [-0.2, -0.15) is 0 Å². The maximum atomic E-state index is 13.1. The smallest absolute Gasteiger partial charge is 0.276 e. The van der Waals surface area contributed by atoms with Crippen LogP contribution in [0.2, 0.25) is 0 Å². The molecule has 0 unspecified atom stereocenters. The average molecular weight is 384 g/mol. The lowest BCUT2D eigenvalue weighted by Crippen LogP contribution is -2.49. The minimum atomic E-state index is -0.0779. The highest BCUT2D eigenvalue weighted by Crippen LogP contribution is 2.35. The van der Waals surface area contributed by atoms with Crippen molar-refractivity contribution in [2.24, 2.45) is 0 Å². The number of carbonyl (C=O) groups is 1. The Bertz CT molecular complexity index is 829. The molecule has 1 aromatic carbocycles. The van der Waals surface area contributed by atoms with Crippen molar-refractivity contribution in [3.8, 4) is 5.75 Å². The van der Waals surface area contributed by atoms with E-state index in [0.29, 0.717) is 24.5 Å². The monoisotopic (exact) mass is 384 g/mol. The van der Waals surface area contributed by atoms with Gasteiger partial charge in [0.1, 0.15) is 18.1 Å². The predicted octanol–water partition coefficient (Wildman–Crippen LogP) is 4.05. The third kappa shape index (κ3) is 3.78. The first-order chi connectivity index (χ1) is 13.6. The van der Waals surface area contributed by atoms with E-state index in [9.17, 15) is 4.79 Å². The number of hydrogen-bond donors (Lipinski definition) is 0. The Balaban J connectivity index is 1.43. The molecule has 0 bridgehead atoms. The predicted molar refractivity (Wildman–Crippen MR) is 104 cm³/mol. The summed E-state index contributed by atoms with van der Waals surface area (Å²) in [7, 11) is 0. The largest absolute Gasteiger partial charge is 0.488 e. The zero-order valence-corrected chi connectivity index (χ0v) is 16.7. The quantitative estimate of drug-likeness (QED) is 0.796. The van der Waals surface area contributed by atoms with Gasteiger partial charge < -0.3 is 18.9 Å². The molecular weight excluding hydrogens is 356 g/mol. The molecule has 0 saturated carbocycles. The molecule has 1 amide bonds. The lowest BCUT2D eigenvalue weighted by Gasteiger charge is -2.43. The van der Waals surface area contributed by atoms with Crippen LogP contribution in [0.3, 0.4) is 0 Å². The maximum absolute atomic E-state index is 13.1. The maximum Gasteiger partial charge on any atom is 0.276 e. The van der Waals surface area contributed by atoms with E-state index in [2.05, 4.69) is 5.16 Å². The number of amides is 1. The summed E-state index contributed by atoms with van der Waals surface area (Å²) in [4.78, 5) is 15.0. The van der Waals surface area contributed by atoms with Crippen molar-refractivity contribution in [3.05, 3.63) is 46.8 Å². The van der Waals surface area contributed by atoms with Gasteiger partial charge in [0.15, 0.2) is 5.69 Å². The standard InChI is InChI=1S/C22H28N2O4/c1-16-7-3-4-8-19(16)26-15-18-17(2)28-23-20(18)21(25)24-12-10-22(11-13-24)9-5-6-14-27-22/h3-4,7-8H,5-6,9-15H2,1-2H3. The number of ether oxygens (including phenoxy) is 2. The van der Waals surface area contributed by atoms with Crippen LogP contribution in [0, 0.1) is 13.8 Å². The lowest BCUT2D eigenvalue weighted by molar-refractivity contribution is -0.107. The van der Waals surface area contributed by atoms with E-state index in [0.717, 1.165) is 49.2 Å². The molecule has 150 valence electrons. The third-order valence-electron chi connectivity index (χ3n) is 6.05. The van der Waals surface area contributed by atoms with Gasteiger partial charge >= 0.3 is 0 Å². The summed E-state index contributed by atoms with van der Waals surface area (Å²) in [5.41, 5.74) is 2.12. The number of hydrogen-bond acceptors (Lipinski definition) is 5. The SMILES string of the molecule is Cc1ccccc1OCc1c(C(=O)N2CCC3(CCCCO3)CC2)noc1C. The number of aromatic nitrogens is 1. The van der Waals surface area contributed by atoms with Gasteiger partial charge in [0.2, 0.25) is 0 Å². The Kier molecular flexibility index (Phi) is 5.40. The lowest BCUT2D eigenvalue weighted by atomic mass is 9.84. The number of likely N-dealkylation sites (tertiary alicyclic amines) is 1. The number of nitrogens with zero attached hydrogens (tertiary/aromatic N) is 2. The Morgan fingerprint density at radius 2 is 1.96 bits per heavy atom. The molecule has 3 heterocycles. The minimum absolute atomic E-state index is 0.0223. The van der Waals surface area contributed by atoms with E-state index in [-0.39, 0.29) is 18.1 Å². The van der Waals surface area contributed by atoms with Gasteiger partial charge in [0, 0.05) is 19.7 Å². The Labute approximate surface area is 165 Å². The molecule has 1 spiro atoms. The second-order valence-corrected chi connectivity index (χ2v) is 7.90. The highest BCUT2D eigenvalue weighted by Gasteiger charge is 2.39. The fraction of sp³-hybridized carbons (Fsp3) is 0.545. The minimum Gasteiger partial charge on any atom is -0.488 e. The van der Waals surface area contributed by atoms with E-state index in [1.165, 1.54) is 6.42 Å². The number of benzene rings is 1. The van der Waals surface area contributed by atoms with Crippen LogP contribution in [0.1, 0.15) is 59.5 Å². The van der Waals surface area contributed by atoms with Crippen LogP contribution in [0.25, 0.3) is 0 Å².